The van der Waals surface area contributed by atoms with Crippen LogP contribution in [0, 0.1) is 5.92 Å². The van der Waals surface area contributed by atoms with Crippen LogP contribution >= 0.6 is 0 Å². The molecular formula is C11H23NO2S. The molecule has 0 saturated heterocycles. The van der Waals surface area contributed by atoms with E-state index in [1.807, 2.05) is 6.92 Å². The normalized spacial score (nSPS) is 27.7. The standard InChI is InChI=1S/C11H23NO2S/c1-4-6-10-7-11(10)12-9(3)8-15(13,14)5-2/h9-12H,4-8H2,1-3H3. The lowest BCUT2D eigenvalue weighted by Crippen LogP contribution is -2.35. The Morgan fingerprint density at radius 3 is 2.60 bits per heavy atom. The molecule has 3 nitrogen and oxygen atoms in total. The fraction of sp³-hybridized carbons (Fsp3) is 1.00. The lowest BCUT2D eigenvalue weighted by molar-refractivity contribution is 0.529. The fourth-order valence-electron chi connectivity index (χ4n) is 2.05. The van der Waals surface area contributed by atoms with E-state index in [9.17, 15) is 8.42 Å². The molecule has 15 heavy (non-hydrogen) atoms. The topological polar surface area (TPSA) is 46.2 Å². The lowest BCUT2D eigenvalue weighted by Gasteiger charge is -2.13. The zero-order valence-corrected chi connectivity index (χ0v) is 10.8. The Morgan fingerprint density at radius 1 is 1.40 bits per heavy atom. The van der Waals surface area contributed by atoms with E-state index in [0.29, 0.717) is 6.04 Å². The summed E-state index contributed by atoms with van der Waals surface area (Å²) in [6.45, 7) is 5.87. The summed E-state index contributed by atoms with van der Waals surface area (Å²) in [6.07, 6.45) is 3.72. The molecule has 1 aliphatic rings. The van der Waals surface area contributed by atoms with Crippen molar-refractivity contribution in [3.05, 3.63) is 0 Å². The first kappa shape index (κ1) is 13.0. The van der Waals surface area contributed by atoms with Crippen LogP contribution in [0.1, 0.15) is 40.0 Å². The lowest BCUT2D eigenvalue weighted by atomic mass is 10.2. The van der Waals surface area contributed by atoms with Gasteiger partial charge in [-0.2, -0.15) is 0 Å². The van der Waals surface area contributed by atoms with E-state index >= 15 is 0 Å². The molecule has 0 aromatic rings. The maximum Gasteiger partial charge on any atom is 0.151 e. The van der Waals surface area contributed by atoms with Crippen LogP contribution in [-0.4, -0.2) is 32.0 Å². The summed E-state index contributed by atoms with van der Waals surface area (Å²) in [6, 6.07) is 0.675. The number of hydrogen-bond donors (Lipinski definition) is 1. The molecule has 0 bridgehead atoms. The van der Waals surface area contributed by atoms with Crippen LogP contribution in [0.2, 0.25) is 0 Å². The summed E-state index contributed by atoms with van der Waals surface area (Å²) >= 11 is 0. The minimum absolute atomic E-state index is 0.0989. The van der Waals surface area contributed by atoms with Crippen LogP contribution in [0.5, 0.6) is 0 Å². The molecule has 1 rings (SSSR count). The number of sulfone groups is 1. The van der Waals surface area contributed by atoms with Gasteiger partial charge in [0.2, 0.25) is 0 Å². The van der Waals surface area contributed by atoms with Gasteiger partial charge in [0, 0.05) is 17.8 Å². The van der Waals surface area contributed by atoms with Gasteiger partial charge >= 0.3 is 0 Å². The maximum atomic E-state index is 11.4. The Kier molecular flexibility index (Phi) is 4.59. The van der Waals surface area contributed by atoms with Crippen LogP contribution in [0.3, 0.4) is 0 Å². The summed E-state index contributed by atoms with van der Waals surface area (Å²) in [4.78, 5) is 0. The summed E-state index contributed by atoms with van der Waals surface area (Å²) < 4.78 is 22.8. The average Bonchev–Trinajstić information content (AvgIpc) is 2.83. The van der Waals surface area contributed by atoms with Crippen molar-refractivity contribution >= 4 is 9.84 Å². The third-order valence-corrected chi connectivity index (χ3v) is 4.91. The van der Waals surface area contributed by atoms with Crippen molar-refractivity contribution in [2.45, 2.75) is 52.1 Å². The molecule has 0 heterocycles. The molecule has 0 amide bonds. The quantitative estimate of drug-likeness (QED) is 0.726. The molecule has 1 aliphatic carbocycles. The molecule has 1 saturated carbocycles. The van der Waals surface area contributed by atoms with Gasteiger partial charge in [-0.25, -0.2) is 8.42 Å². The molecule has 1 N–H and O–H groups in total. The van der Waals surface area contributed by atoms with Crippen molar-refractivity contribution in [1.29, 1.82) is 0 Å². The predicted octanol–water partition coefficient (Wildman–Crippen LogP) is 1.59. The Balaban J connectivity index is 2.23. The second kappa shape index (κ2) is 5.30. The van der Waals surface area contributed by atoms with Crippen LogP contribution < -0.4 is 5.32 Å². The Labute approximate surface area is 93.6 Å². The highest BCUT2D eigenvalue weighted by molar-refractivity contribution is 7.91. The maximum absolute atomic E-state index is 11.4. The first-order chi connectivity index (χ1) is 6.98. The Morgan fingerprint density at radius 2 is 2.07 bits per heavy atom. The van der Waals surface area contributed by atoms with Crippen molar-refractivity contribution in [3.63, 3.8) is 0 Å². The number of nitrogens with one attached hydrogen (secondary N) is 1. The van der Waals surface area contributed by atoms with Crippen LogP contribution in [0.15, 0.2) is 0 Å². The molecule has 3 atom stereocenters. The SMILES string of the molecule is CCCC1CC1NC(C)CS(=O)(=O)CC. The van der Waals surface area contributed by atoms with Gasteiger partial charge in [0.25, 0.3) is 0 Å². The van der Waals surface area contributed by atoms with E-state index < -0.39 is 9.84 Å². The molecule has 0 aliphatic heterocycles. The highest BCUT2D eigenvalue weighted by Crippen LogP contribution is 2.34. The first-order valence-corrected chi connectivity index (χ1v) is 7.77. The third kappa shape index (κ3) is 4.51. The molecule has 0 radical (unpaired) electrons. The average molecular weight is 233 g/mol. The van der Waals surface area contributed by atoms with Gasteiger partial charge < -0.3 is 5.32 Å². The number of rotatable bonds is 7. The van der Waals surface area contributed by atoms with Crippen LogP contribution in [0.4, 0.5) is 0 Å². The van der Waals surface area contributed by atoms with E-state index in [1.165, 1.54) is 19.3 Å². The molecule has 4 heteroatoms. The number of hydrogen-bond acceptors (Lipinski definition) is 3. The van der Waals surface area contributed by atoms with Crippen LogP contribution in [-0.2, 0) is 9.84 Å². The third-order valence-electron chi connectivity index (χ3n) is 3.02. The molecule has 0 aromatic heterocycles. The van der Waals surface area contributed by atoms with E-state index in [2.05, 4.69) is 12.2 Å². The highest BCUT2D eigenvalue weighted by atomic mass is 32.2. The summed E-state index contributed by atoms with van der Waals surface area (Å²) in [5.74, 6) is 1.32. The van der Waals surface area contributed by atoms with Gasteiger partial charge in [-0.05, 0) is 25.7 Å². The van der Waals surface area contributed by atoms with Crippen molar-refractivity contribution in [2.24, 2.45) is 5.92 Å². The zero-order valence-electron chi connectivity index (χ0n) is 9.99. The monoisotopic (exact) mass is 233 g/mol. The van der Waals surface area contributed by atoms with Crippen molar-refractivity contribution in [3.8, 4) is 0 Å². The molecular weight excluding hydrogens is 210 g/mol. The van der Waals surface area contributed by atoms with Crippen molar-refractivity contribution in [2.75, 3.05) is 11.5 Å². The van der Waals surface area contributed by atoms with Gasteiger partial charge in [0.1, 0.15) is 0 Å². The van der Waals surface area contributed by atoms with Crippen LogP contribution in [0.25, 0.3) is 0 Å². The van der Waals surface area contributed by atoms with E-state index in [1.54, 1.807) is 6.92 Å². The minimum Gasteiger partial charge on any atom is -0.310 e. The van der Waals surface area contributed by atoms with E-state index in [4.69, 9.17) is 0 Å². The first-order valence-electron chi connectivity index (χ1n) is 5.95. The van der Waals surface area contributed by atoms with E-state index in [0.717, 1.165) is 5.92 Å². The zero-order chi connectivity index (χ0) is 11.5. The molecule has 3 unspecified atom stereocenters. The van der Waals surface area contributed by atoms with Gasteiger partial charge in [0.15, 0.2) is 9.84 Å². The van der Waals surface area contributed by atoms with Gasteiger partial charge in [-0.3, -0.25) is 0 Å². The van der Waals surface area contributed by atoms with Crippen molar-refractivity contribution < 1.29 is 8.42 Å². The smallest absolute Gasteiger partial charge is 0.151 e. The summed E-state index contributed by atoms with van der Waals surface area (Å²) in [7, 11) is -2.83. The summed E-state index contributed by atoms with van der Waals surface area (Å²) in [5.41, 5.74) is 0. The molecule has 0 spiro atoms. The predicted molar refractivity (Wildman–Crippen MR) is 63.7 cm³/mol. The molecule has 0 aromatic carbocycles. The molecule has 90 valence electrons. The van der Waals surface area contributed by atoms with Gasteiger partial charge in [-0.15, -0.1) is 0 Å². The van der Waals surface area contributed by atoms with Gasteiger partial charge in [0.05, 0.1) is 5.75 Å². The van der Waals surface area contributed by atoms with E-state index in [-0.39, 0.29) is 17.5 Å². The minimum atomic E-state index is -2.83. The van der Waals surface area contributed by atoms with Gasteiger partial charge in [-0.1, -0.05) is 20.3 Å². The highest BCUT2D eigenvalue weighted by Gasteiger charge is 2.36. The Bertz CT molecular complexity index is 287. The second-order valence-corrected chi connectivity index (χ2v) is 7.06. The second-order valence-electron chi connectivity index (χ2n) is 4.66. The summed E-state index contributed by atoms with van der Waals surface area (Å²) in [5, 5.41) is 3.40. The largest absolute Gasteiger partial charge is 0.310 e. The van der Waals surface area contributed by atoms with Crippen molar-refractivity contribution in [1.82, 2.24) is 5.32 Å². The fourth-order valence-corrected chi connectivity index (χ4v) is 3.15. The molecule has 1 fully saturated rings. The Hall–Kier alpha value is -0.0900.